The van der Waals surface area contributed by atoms with E-state index in [-0.39, 0.29) is 5.91 Å². The quantitative estimate of drug-likeness (QED) is 0.847. The molecule has 0 aromatic carbocycles. The summed E-state index contributed by atoms with van der Waals surface area (Å²) < 4.78 is 0. The summed E-state index contributed by atoms with van der Waals surface area (Å²) in [6.07, 6.45) is 2.68. The summed E-state index contributed by atoms with van der Waals surface area (Å²) in [5, 5.41) is 0. The number of nitrogen functional groups attached to an aromatic ring is 1. The van der Waals surface area contributed by atoms with Crippen molar-refractivity contribution in [2.24, 2.45) is 11.8 Å². The molecule has 1 atom stereocenters. The Balaban J connectivity index is 2.07. The zero-order valence-corrected chi connectivity index (χ0v) is 10.4. The van der Waals surface area contributed by atoms with Gasteiger partial charge in [-0.25, -0.2) is 4.98 Å². The molecule has 2 N–H and O–H groups in total. The Labute approximate surface area is 102 Å². The molecule has 1 unspecified atom stereocenters. The molecule has 1 aliphatic heterocycles. The summed E-state index contributed by atoms with van der Waals surface area (Å²) in [6.45, 7) is 6.13. The number of hydrogen-bond donors (Lipinski definition) is 1. The second-order valence-electron chi connectivity index (χ2n) is 5.01. The van der Waals surface area contributed by atoms with E-state index in [2.05, 4.69) is 18.8 Å². The summed E-state index contributed by atoms with van der Waals surface area (Å²) in [6, 6.07) is 3.37. The largest absolute Gasteiger partial charge is 0.384 e. The highest BCUT2D eigenvalue weighted by Gasteiger charge is 2.28. The first-order valence-corrected chi connectivity index (χ1v) is 6.08. The molecule has 2 heterocycles. The van der Waals surface area contributed by atoms with Crippen molar-refractivity contribution in [3.05, 3.63) is 23.9 Å². The molecule has 0 radical (unpaired) electrons. The minimum absolute atomic E-state index is 0.0715. The zero-order chi connectivity index (χ0) is 12.4. The average molecular weight is 233 g/mol. The first-order chi connectivity index (χ1) is 8.08. The Morgan fingerprint density at radius 2 is 2.35 bits per heavy atom. The molecule has 1 saturated heterocycles. The van der Waals surface area contributed by atoms with Crippen LogP contribution >= 0.6 is 0 Å². The zero-order valence-electron chi connectivity index (χ0n) is 10.4. The maximum absolute atomic E-state index is 12.2. The van der Waals surface area contributed by atoms with Gasteiger partial charge in [0.25, 0.3) is 5.91 Å². The third-order valence-electron chi connectivity index (χ3n) is 3.48. The SMILES string of the molecule is CC(C)C1CCN(C(=O)c2ccnc(N)c2)C1. The fraction of sp³-hybridized carbons (Fsp3) is 0.538. The van der Waals surface area contributed by atoms with Crippen molar-refractivity contribution in [1.82, 2.24) is 9.88 Å². The molecule has 17 heavy (non-hydrogen) atoms. The van der Waals surface area contributed by atoms with Gasteiger partial charge in [-0.3, -0.25) is 4.79 Å². The van der Waals surface area contributed by atoms with Crippen LogP contribution in [0.2, 0.25) is 0 Å². The highest BCUT2D eigenvalue weighted by Crippen LogP contribution is 2.24. The van der Waals surface area contributed by atoms with Crippen LogP contribution < -0.4 is 5.73 Å². The van der Waals surface area contributed by atoms with E-state index in [0.29, 0.717) is 23.2 Å². The summed E-state index contributed by atoms with van der Waals surface area (Å²) in [5.74, 6) is 1.73. The van der Waals surface area contributed by atoms with Gasteiger partial charge >= 0.3 is 0 Å². The minimum atomic E-state index is 0.0715. The summed E-state index contributed by atoms with van der Waals surface area (Å²) >= 11 is 0. The van der Waals surface area contributed by atoms with Gasteiger partial charge in [-0.05, 0) is 30.4 Å². The van der Waals surface area contributed by atoms with Crippen LogP contribution in [-0.4, -0.2) is 28.9 Å². The lowest BCUT2D eigenvalue weighted by Gasteiger charge is -2.18. The highest BCUT2D eigenvalue weighted by atomic mass is 16.2. The van der Waals surface area contributed by atoms with E-state index in [4.69, 9.17) is 5.73 Å². The Kier molecular flexibility index (Phi) is 3.31. The third-order valence-corrected chi connectivity index (χ3v) is 3.48. The smallest absolute Gasteiger partial charge is 0.254 e. The number of aromatic nitrogens is 1. The number of pyridine rings is 1. The molecule has 1 aromatic rings. The number of likely N-dealkylation sites (tertiary alicyclic amines) is 1. The van der Waals surface area contributed by atoms with E-state index in [9.17, 15) is 4.79 Å². The second-order valence-corrected chi connectivity index (χ2v) is 5.01. The Bertz CT molecular complexity index is 417. The molecule has 1 aromatic heterocycles. The van der Waals surface area contributed by atoms with Crippen molar-refractivity contribution >= 4 is 11.7 Å². The molecule has 92 valence electrons. The van der Waals surface area contributed by atoms with Crippen molar-refractivity contribution < 1.29 is 4.79 Å². The van der Waals surface area contributed by atoms with Gasteiger partial charge in [0.2, 0.25) is 0 Å². The van der Waals surface area contributed by atoms with Crippen molar-refractivity contribution in [3.63, 3.8) is 0 Å². The molecular weight excluding hydrogens is 214 g/mol. The van der Waals surface area contributed by atoms with E-state index < -0.39 is 0 Å². The van der Waals surface area contributed by atoms with Gasteiger partial charge in [0, 0.05) is 24.8 Å². The molecule has 0 saturated carbocycles. The summed E-state index contributed by atoms with van der Waals surface area (Å²) in [5.41, 5.74) is 6.23. The topological polar surface area (TPSA) is 59.2 Å². The van der Waals surface area contributed by atoms with E-state index in [1.165, 1.54) is 0 Å². The van der Waals surface area contributed by atoms with Crippen molar-refractivity contribution in [3.8, 4) is 0 Å². The predicted octanol–water partition coefficient (Wildman–Crippen LogP) is 1.78. The lowest BCUT2D eigenvalue weighted by atomic mass is 9.95. The van der Waals surface area contributed by atoms with Gasteiger partial charge in [-0.15, -0.1) is 0 Å². The van der Waals surface area contributed by atoms with Gasteiger partial charge in [0.1, 0.15) is 5.82 Å². The first kappa shape index (κ1) is 11.9. The average Bonchev–Trinajstić information content (AvgIpc) is 2.77. The van der Waals surface area contributed by atoms with Crippen LogP contribution in [0.15, 0.2) is 18.3 Å². The van der Waals surface area contributed by atoms with E-state index in [1.54, 1.807) is 18.3 Å². The van der Waals surface area contributed by atoms with Crippen LogP contribution in [0.1, 0.15) is 30.6 Å². The predicted molar refractivity (Wildman–Crippen MR) is 67.5 cm³/mol. The van der Waals surface area contributed by atoms with Gasteiger partial charge in [0.15, 0.2) is 0 Å². The number of rotatable bonds is 2. The molecule has 1 fully saturated rings. The molecular formula is C13H19N3O. The van der Waals surface area contributed by atoms with Crippen LogP contribution in [0, 0.1) is 11.8 Å². The standard InChI is InChI=1S/C13H19N3O/c1-9(2)11-4-6-16(8-11)13(17)10-3-5-15-12(14)7-10/h3,5,7,9,11H,4,6,8H2,1-2H3,(H2,14,15). The van der Waals surface area contributed by atoms with Gasteiger partial charge in [-0.1, -0.05) is 13.8 Å². The fourth-order valence-corrected chi connectivity index (χ4v) is 2.28. The van der Waals surface area contributed by atoms with Crippen molar-refractivity contribution in [2.45, 2.75) is 20.3 Å². The van der Waals surface area contributed by atoms with Gasteiger partial charge in [-0.2, -0.15) is 0 Å². The molecule has 2 rings (SSSR count). The number of nitrogens with zero attached hydrogens (tertiary/aromatic N) is 2. The van der Waals surface area contributed by atoms with Gasteiger partial charge in [0.05, 0.1) is 0 Å². The lowest BCUT2D eigenvalue weighted by molar-refractivity contribution is 0.0784. The lowest BCUT2D eigenvalue weighted by Crippen LogP contribution is -2.29. The van der Waals surface area contributed by atoms with Crippen molar-refractivity contribution in [1.29, 1.82) is 0 Å². The maximum atomic E-state index is 12.2. The summed E-state index contributed by atoms with van der Waals surface area (Å²) in [4.78, 5) is 18.0. The number of anilines is 1. The van der Waals surface area contributed by atoms with Crippen LogP contribution in [0.3, 0.4) is 0 Å². The third kappa shape index (κ3) is 2.57. The van der Waals surface area contributed by atoms with E-state index in [0.717, 1.165) is 19.5 Å². The minimum Gasteiger partial charge on any atom is -0.384 e. The Hall–Kier alpha value is -1.58. The molecule has 4 nitrogen and oxygen atoms in total. The van der Waals surface area contributed by atoms with E-state index in [1.807, 2.05) is 4.90 Å². The van der Waals surface area contributed by atoms with Crippen LogP contribution in [0.5, 0.6) is 0 Å². The number of carbonyl (C=O) groups excluding carboxylic acids is 1. The van der Waals surface area contributed by atoms with Gasteiger partial charge < -0.3 is 10.6 Å². The second kappa shape index (κ2) is 4.73. The molecule has 0 aliphatic carbocycles. The monoisotopic (exact) mass is 233 g/mol. The number of carbonyl (C=O) groups is 1. The summed E-state index contributed by atoms with van der Waals surface area (Å²) in [7, 11) is 0. The number of hydrogen-bond acceptors (Lipinski definition) is 3. The highest BCUT2D eigenvalue weighted by molar-refractivity contribution is 5.94. The number of amides is 1. The molecule has 0 spiro atoms. The molecule has 1 aliphatic rings. The fourth-order valence-electron chi connectivity index (χ4n) is 2.28. The molecule has 1 amide bonds. The van der Waals surface area contributed by atoms with E-state index >= 15 is 0 Å². The normalized spacial score (nSPS) is 19.9. The van der Waals surface area contributed by atoms with Crippen molar-refractivity contribution in [2.75, 3.05) is 18.8 Å². The van der Waals surface area contributed by atoms with Crippen LogP contribution in [-0.2, 0) is 0 Å². The van der Waals surface area contributed by atoms with Crippen LogP contribution in [0.25, 0.3) is 0 Å². The Morgan fingerprint density at radius 3 is 2.94 bits per heavy atom. The first-order valence-electron chi connectivity index (χ1n) is 6.08. The molecule has 0 bridgehead atoms. The number of nitrogens with two attached hydrogens (primary N) is 1. The van der Waals surface area contributed by atoms with Crippen LogP contribution in [0.4, 0.5) is 5.82 Å². The maximum Gasteiger partial charge on any atom is 0.254 e. The Morgan fingerprint density at radius 1 is 1.59 bits per heavy atom. The molecule has 4 heteroatoms.